The molecule has 0 bridgehead atoms. The number of carbonyl (C=O) groups excluding carboxylic acids is 1. The van der Waals surface area contributed by atoms with Crippen molar-refractivity contribution in [1.29, 1.82) is 0 Å². The lowest BCUT2D eigenvalue weighted by molar-refractivity contribution is 0.0636. The predicted octanol–water partition coefficient (Wildman–Crippen LogP) is 5.02. The summed E-state index contributed by atoms with van der Waals surface area (Å²) < 4.78 is 18.4. The molecular weight excluding hydrogens is 345 g/mol. The van der Waals surface area contributed by atoms with E-state index in [1.807, 2.05) is 0 Å². The number of halogens is 2. The van der Waals surface area contributed by atoms with Gasteiger partial charge in [0.2, 0.25) is 0 Å². The predicted molar refractivity (Wildman–Crippen MR) is 99.4 cm³/mol. The minimum absolute atomic E-state index is 0.0626. The third-order valence-corrected chi connectivity index (χ3v) is 3.46. The van der Waals surface area contributed by atoms with Gasteiger partial charge in [0.25, 0.3) is 0 Å². The van der Waals surface area contributed by atoms with Crippen molar-refractivity contribution < 1.29 is 13.9 Å². The lowest BCUT2D eigenvalue weighted by Crippen LogP contribution is -2.27. The Morgan fingerprint density at radius 3 is 2.60 bits per heavy atom. The molecule has 0 saturated carbocycles. The fraction of sp³-hybridized carbons (Fsp3) is 0.278. The maximum Gasteiger partial charge on any atom is 0.412 e. The fourth-order valence-electron chi connectivity index (χ4n) is 2.06. The quantitative estimate of drug-likeness (QED) is 0.665. The van der Waals surface area contributed by atoms with Crippen LogP contribution in [0.15, 0.2) is 36.4 Å². The van der Waals surface area contributed by atoms with Crippen LogP contribution < -0.4 is 16.4 Å². The summed E-state index contributed by atoms with van der Waals surface area (Å²) in [6.07, 6.45) is -0.548. The molecule has 0 unspecified atom stereocenters. The van der Waals surface area contributed by atoms with E-state index in [9.17, 15) is 9.18 Å². The van der Waals surface area contributed by atoms with Crippen molar-refractivity contribution in [3.8, 4) is 0 Å². The molecule has 5 nitrogen and oxygen atoms in total. The van der Waals surface area contributed by atoms with E-state index >= 15 is 0 Å². The molecule has 2 rings (SSSR count). The van der Waals surface area contributed by atoms with Gasteiger partial charge in [0.05, 0.1) is 16.4 Å². The molecule has 0 aliphatic rings. The number of hydrogen-bond acceptors (Lipinski definition) is 4. The van der Waals surface area contributed by atoms with Gasteiger partial charge < -0.3 is 15.8 Å². The highest BCUT2D eigenvalue weighted by Gasteiger charge is 2.16. The van der Waals surface area contributed by atoms with Crippen LogP contribution in [0.5, 0.6) is 0 Å². The van der Waals surface area contributed by atoms with Crippen molar-refractivity contribution in [2.75, 3.05) is 16.4 Å². The van der Waals surface area contributed by atoms with Gasteiger partial charge in [0, 0.05) is 12.2 Å². The summed E-state index contributed by atoms with van der Waals surface area (Å²) in [4.78, 5) is 11.8. The highest BCUT2D eigenvalue weighted by Crippen LogP contribution is 2.25. The van der Waals surface area contributed by atoms with Gasteiger partial charge in [-0.15, -0.1) is 0 Å². The van der Waals surface area contributed by atoms with Gasteiger partial charge in [-0.05, 0) is 56.7 Å². The Bertz CT molecular complexity index is 775. The molecule has 25 heavy (non-hydrogen) atoms. The second-order valence-electron chi connectivity index (χ2n) is 6.53. The molecule has 2 aromatic carbocycles. The van der Waals surface area contributed by atoms with E-state index in [2.05, 4.69) is 10.6 Å². The molecule has 0 saturated heterocycles. The summed E-state index contributed by atoms with van der Waals surface area (Å²) >= 11 is 5.77. The molecular formula is C18H21ClFN3O2. The molecule has 0 aliphatic carbocycles. The van der Waals surface area contributed by atoms with Crippen LogP contribution in [0.1, 0.15) is 26.3 Å². The van der Waals surface area contributed by atoms with Crippen molar-refractivity contribution in [2.24, 2.45) is 0 Å². The van der Waals surface area contributed by atoms with Crippen LogP contribution in [0.3, 0.4) is 0 Å². The number of hydrogen-bond donors (Lipinski definition) is 3. The second kappa shape index (κ2) is 7.61. The number of benzene rings is 2. The average molecular weight is 366 g/mol. The summed E-state index contributed by atoms with van der Waals surface area (Å²) in [7, 11) is 0. The van der Waals surface area contributed by atoms with Gasteiger partial charge in [0.15, 0.2) is 0 Å². The van der Waals surface area contributed by atoms with E-state index in [1.165, 1.54) is 6.07 Å². The Kier molecular flexibility index (Phi) is 5.74. The van der Waals surface area contributed by atoms with Gasteiger partial charge in [-0.3, -0.25) is 5.32 Å². The fourth-order valence-corrected chi connectivity index (χ4v) is 2.26. The van der Waals surface area contributed by atoms with Crippen LogP contribution in [0.4, 0.5) is 26.2 Å². The van der Waals surface area contributed by atoms with Crippen LogP contribution in [-0.2, 0) is 11.3 Å². The molecule has 1 amide bonds. The first kappa shape index (κ1) is 18.9. The molecule has 0 fully saturated rings. The minimum Gasteiger partial charge on any atom is -0.444 e. The highest BCUT2D eigenvalue weighted by atomic mass is 35.5. The molecule has 0 radical (unpaired) electrons. The number of nitrogen functional groups attached to an aromatic ring is 1. The first-order valence-corrected chi connectivity index (χ1v) is 8.09. The standard InChI is InChI=1S/C18H21ClFN3O2/c1-18(2,3)25-17(24)23-12-5-7-15(21)16(9-12)22-10-11-4-6-14(20)13(19)8-11/h4-9,22H,10,21H2,1-3H3,(H,23,24). The summed E-state index contributed by atoms with van der Waals surface area (Å²) in [6, 6.07) is 9.54. The first-order valence-electron chi connectivity index (χ1n) is 7.71. The van der Waals surface area contributed by atoms with E-state index < -0.39 is 17.5 Å². The topological polar surface area (TPSA) is 76.4 Å². The number of amides is 1. The number of carbonyl (C=O) groups is 1. The Morgan fingerprint density at radius 1 is 1.24 bits per heavy atom. The summed E-state index contributed by atoms with van der Waals surface area (Å²) in [5, 5.41) is 5.86. The van der Waals surface area contributed by atoms with E-state index in [0.717, 1.165) is 5.56 Å². The van der Waals surface area contributed by atoms with Crippen molar-refractivity contribution in [3.63, 3.8) is 0 Å². The number of nitrogens with two attached hydrogens (primary N) is 1. The molecule has 0 aromatic heterocycles. The van der Waals surface area contributed by atoms with Crippen molar-refractivity contribution >= 4 is 34.8 Å². The molecule has 4 N–H and O–H groups in total. The number of rotatable bonds is 4. The molecule has 2 aromatic rings. The minimum atomic E-state index is -0.583. The summed E-state index contributed by atoms with van der Waals surface area (Å²) in [5.74, 6) is -0.464. The van der Waals surface area contributed by atoms with Crippen LogP contribution in [0.2, 0.25) is 5.02 Å². The average Bonchev–Trinajstić information content (AvgIpc) is 2.49. The molecule has 7 heteroatoms. The first-order chi connectivity index (χ1) is 11.6. The molecule has 0 aliphatic heterocycles. The maximum atomic E-state index is 13.2. The number of nitrogens with one attached hydrogen (secondary N) is 2. The summed E-state index contributed by atoms with van der Waals surface area (Å²) in [5.41, 5.74) is 7.86. The largest absolute Gasteiger partial charge is 0.444 e. The van der Waals surface area contributed by atoms with Crippen molar-refractivity contribution in [3.05, 3.63) is 52.8 Å². The van der Waals surface area contributed by atoms with E-state index in [1.54, 1.807) is 51.1 Å². The monoisotopic (exact) mass is 365 g/mol. The lowest BCUT2D eigenvalue weighted by Gasteiger charge is -2.20. The van der Waals surface area contributed by atoms with Gasteiger partial charge in [-0.25, -0.2) is 9.18 Å². The van der Waals surface area contributed by atoms with Gasteiger partial charge in [-0.1, -0.05) is 17.7 Å². The molecule has 134 valence electrons. The Balaban J connectivity index is 2.05. The molecule has 0 atom stereocenters. The van der Waals surface area contributed by atoms with Crippen molar-refractivity contribution in [1.82, 2.24) is 0 Å². The smallest absolute Gasteiger partial charge is 0.412 e. The highest BCUT2D eigenvalue weighted by molar-refractivity contribution is 6.30. The normalized spacial score (nSPS) is 11.1. The molecule has 0 heterocycles. The van der Waals surface area contributed by atoms with E-state index in [-0.39, 0.29) is 5.02 Å². The third kappa shape index (κ3) is 5.83. The van der Waals surface area contributed by atoms with Crippen LogP contribution in [0, 0.1) is 5.82 Å². The van der Waals surface area contributed by atoms with Gasteiger partial charge >= 0.3 is 6.09 Å². The zero-order valence-corrected chi connectivity index (χ0v) is 15.1. The van der Waals surface area contributed by atoms with E-state index in [4.69, 9.17) is 22.1 Å². The lowest BCUT2D eigenvalue weighted by atomic mass is 10.2. The Morgan fingerprint density at radius 2 is 1.96 bits per heavy atom. The number of anilines is 3. The molecule has 0 spiro atoms. The second-order valence-corrected chi connectivity index (χ2v) is 6.94. The van der Waals surface area contributed by atoms with Crippen LogP contribution >= 0.6 is 11.6 Å². The van der Waals surface area contributed by atoms with Crippen LogP contribution in [-0.4, -0.2) is 11.7 Å². The van der Waals surface area contributed by atoms with Crippen molar-refractivity contribution in [2.45, 2.75) is 32.9 Å². The maximum absolute atomic E-state index is 13.2. The zero-order chi connectivity index (χ0) is 18.6. The van der Waals surface area contributed by atoms with Gasteiger partial charge in [-0.2, -0.15) is 0 Å². The van der Waals surface area contributed by atoms with E-state index in [0.29, 0.717) is 23.6 Å². The Labute approximate surface area is 151 Å². The third-order valence-electron chi connectivity index (χ3n) is 3.17. The van der Waals surface area contributed by atoms with Gasteiger partial charge in [0.1, 0.15) is 11.4 Å². The summed E-state index contributed by atoms with van der Waals surface area (Å²) in [6.45, 7) is 5.77. The zero-order valence-electron chi connectivity index (χ0n) is 14.3. The SMILES string of the molecule is CC(C)(C)OC(=O)Nc1ccc(N)c(NCc2ccc(F)c(Cl)c2)c1. The number of ether oxygens (including phenoxy) is 1. The Hall–Kier alpha value is -2.47. The van der Waals surface area contributed by atoms with Crippen LogP contribution in [0.25, 0.3) is 0 Å².